The Balaban J connectivity index is 1.30. The van der Waals surface area contributed by atoms with Crippen molar-refractivity contribution < 1.29 is 52.5 Å². The topological polar surface area (TPSA) is 124 Å². The predicted octanol–water partition coefficient (Wildman–Crippen LogP) is 6.69. The minimum Gasteiger partial charge on any atom is -0.414 e. The van der Waals surface area contributed by atoms with E-state index in [0.29, 0.717) is 5.92 Å². The van der Waals surface area contributed by atoms with Crippen LogP contribution < -0.4 is 0 Å². The van der Waals surface area contributed by atoms with Gasteiger partial charge in [-0.1, -0.05) is 125 Å². The highest BCUT2D eigenvalue weighted by Crippen LogP contribution is 2.45. The second kappa shape index (κ2) is 19.3. The minimum atomic E-state index is -2.38. The summed E-state index contributed by atoms with van der Waals surface area (Å²) in [6.07, 6.45) is -8.90. The van der Waals surface area contributed by atoms with Crippen molar-refractivity contribution in [3.63, 3.8) is 0 Å². The Morgan fingerprint density at radius 1 is 0.768 bits per heavy atom. The molecule has 0 aromatic heterocycles. The van der Waals surface area contributed by atoms with Gasteiger partial charge in [0.05, 0.1) is 33.0 Å². The number of benzene rings is 3. The number of fused-ring (bicyclic) bond motifs is 1. The van der Waals surface area contributed by atoms with Crippen LogP contribution >= 0.6 is 0 Å². The second-order valence-corrected chi connectivity index (χ2v) is 20.8. The lowest BCUT2D eigenvalue weighted by Crippen LogP contribution is -2.67. The molecule has 0 aliphatic carbocycles. The van der Waals surface area contributed by atoms with Gasteiger partial charge in [0.2, 0.25) is 0 Å². The number of aliphatic hydroxyl groups is 2. The third kappa shape index (κ3) is 10.1. The Hall–Kier alpha value is -2.82. The summed E-state index contributed by atoms with van der Waals surface area (Å²) in [6.45, 7) is 17.9. The predicted molar refractivity (Wildman–Crippen MR) is 213 cm³/mol. The van der Waals surface area contributed by atoms with Crippen molar-refractivity contribution in [1.82, 2.24) is 0 Å². The summed E-state index contributed by atoms with van der Waals surface area (Å²) >= 11 is 0. The van der Waals surface area contributed by atoms with E-state index in [1.54, 1.807) is 6.08 Å². The molecule has 3 aliphatic rings. The number of ether oxygens (including phenoxy) is 8. The summed E-state index contributed by atoms with van der Waals surface area (Å²) in [5.41, 5.74) is 2.67. The van der Waals surface area contributed by atoms with Crippen LogP contribution in [0.1, 0.15) is 50.7 Å². The number of aliphatic hydroxyl groups excluding tert-OH is 2. The molecule has 11 atom stereocenters. The molecule has 3 heterocycles. The zero-order valence-electron chi connectivity index (χ0n) is 33.5. The smallest absolute Gasteiger partial charge is 0.192 e. The lowest BCUT2D eigenvalue weighted by Gasteiger charge is -2.50. The van der Waals surface area contributed by atoms with E-state index in [4.69, 9.17) is 42.3 Å². The Morgan fingerprint density at radius 2 is 1.36 bits per heavy atom. The normalized spacial score (nSPS) is 31.2. The van der Waals surface area contributed by atoms with Gasteiger partial charge in [0.25, 0.3) is 0 Å². The summed E-state index contributed by atoms with van der Waals surface area (Å²) in [5.74, 6) is 0.363. The molecule has 3 saturated heterocycles. The minimum absolute atomic E-state index is 0.0874. The van der Waals surface area contributed by atoms with Gasteiger partial charge in [0, 0.05) is 5.56 Å². The van der Waals surface area contributed by atoms with Crippen molar-refractivity contribution in [2.45, 2.75) is 127 Å². The van der Waals surface area contributed by atoms with Crippen molar-refractivity contribution in [2.75, 3.05) is 19.8 Å². The van der Waals surface area contributed by atoms with Crippen LogP contribution in [0.4, 0.5) is 0 Å². The molecule has 12 heteroatoms. The summed E-state index contributed by atoms with van der Waals surface area (Å²) in [7, 11) is -2.38. The first-order chi connectivity index (χ1) is 26.9. The molecule has 306 valence electrons. The van der Waals surface area contributed by atoms with E-state index in [9.17, 15) is 10.2 Å². The standard InChI is InChI=1S/C44H60O11Si/c1-8-24-47-39-36(46)43(53-33-27-50-41(54-37(33)39)32-22-16-11-17-23-32)55-38-34(28-51-56(6,7)44(4,5)29(2)3)52-42(49-26-31-20-14-10-15-21-31)35(45)40(38)48-25-30-18-12-9-13-19-30/h8-23,29,33-43,45-46H,1,24-28H2,2-7H3/t33-,34-,35-,36-,37+,38-,39-,40-,41+,42-,43+/m1/s1. The average molecular weight is 793 g/mol. The highest BCUT2D eigenvalue weighted by atomic mass is 28.4. The zero-order chi connectivity index (χ0) is 39.9. The van der Waals surface area contributed by atoms with E-state index in [0.717, 1.165) is 16.7 Å². The molecule has 0 radical (unpaired) electrons. The van der Waals surface area contributed by atoms with Gasteiger partial charge in [-0.15, -0.1) is 6.58 Å². The first kappa shape index (κ1) is 42.8. The monoisotopic (exact) mass is 792 g/mol. The fourth-order valence-corrected chi connectivity index (χ4v) is 9.54. The molecule has 6 rings (SSSR count). The highest BCUT2D eigenvalue weighted by molar-refractivity contribution is 6.74. The second-order valence-electron chi connectivity index (χ2n) is 16.2. The van der Waals surface area contributed by atoms with E-state index >= 15 is 0 Å². The fourth-order valence-electron chi connectivity index (χ4n) is 7.19. The first-order valence-corrected chi connectivity index (χ1v) is 22.6. The maximum atomic E-state index is 12.0. The van der Waals surface area contributed by atoms with Gasteiger partial charge in [-0.05, 0) is 35.2 Å². The van der Waals surface area contributed by atoms with E-state index < -0.39 is 76.0 Å². The number of hydrogen-bond donors (Lipinski definition) is 2. The lowest BCUT2D eigenvalue weighted by atomic mass is 9.95. The molecule has 3 aliphatic heterocycles. The molecule has 0 saturated carbocycles. The molecule has 2 N–H and O–H groups in total. The van der Waals surface area contributed by atoms with Crippen molar-refractivity contribution in [1.29, 1.82) is 0 Å². The molecule has 3 aromatic rings. The molecular weight excluding hydrogens is 733 g/mol. The van der Waals surface area contributed by atoms with Crippen molar-refractivity contribution in [3.8, 4) is 0 Å². The van der Waals surface area contributed by atoms with Crippen LogP contribution in [0.5, 0.6) is 0 Å². The summed E-state index contributed by atoms with van der Waals surface area (Å²) in [6, 6.07) is 29.0. The van der Waals surface area contributed by atoms with Gasteiger partial charge in [0.1, 0.15) is 48.8 Å². The lowest BCUT2D eigenvalue weighted by molar-refractivity contribution is -0.390. The van der Waals surface area contributed by atoms with E-state index in [-0.39, 0.29) is 38.1 Å². The maximum absolute atomic E-state index is 12.0. The van der Waals surface area contributed by atoms with Gasteiger partial charge in [-0.3, -0.25) is 0 Å². The third-order valence-electron chi connectivity index (χ3n) is 11.8. The first-order valence-electron chi connectivity index (χ1n) is 19.7. The Kier molecular flexibility index (Phi) is 14.7. The van der Waals surface area contributed by atoms with E-state index in [1.165, 1.54) is 0 Å². The largest absolute Gasteiger partial charge is 0.414 e. The van der Waals surface area contributed by atoms with E-state index in [2.05, 4.69) is 47.4 Å². The van der Waals surface area contributed by atoms with Gasteiger partial charge >= 0.3 is 0 Å². The highest BCUT2D eigenvalue weighted by Gasteiger charge is 2.55. The van der Waals surface area contributed by atoms with Crippen LogP contribution in [-0.4, -0.2) is 99.8 Å². The fraction of sp³-hybridized carbons (Fsp3) is 0.545. The molecule has 56 heavy (non-hydrogen) atoms. The Bertz CT molecular complexity index is 1630. The molecule has 0 spiro atoms. The molecule has 11 nitrogen and oxygen atoms in total. The summed E-state index contributed by atoms with van der Waals surface area (Å²) < 4.78 is 58.3. The summed E-state index contributed by atoms with van der Waals surface area (Å²) in [4.78, 5) is 0. The molecule has 0 amide bonds. The quantitative estimate of drug-likeness (QED) is 0.112. The third-order valence-corrected chi connectivity index (χ3v) is 16.4. The molecular formula is C44H60O11Si. The van der Waals surface area contributed by atoms with Gasteiger partial charge in [-0.25, -0.2) is 0 Å². The van der Waals surface area contributed by atoms with Crippen LogP contribution in [-0.2, 0) is 55.5 Å². The number of hydrogen-bond acceptors (Lipinski definition) is 11. The zero-order valence-corrected chi connectivity index (χ0v) is 34.5. The van der Waals surface area contributed by atoms with Crippen molar-refractivity contribution in [3.05, 3.63) is 120 Å². The molecule has 3 fully saturated rings. The van der Waals surface area contributed by atoms with Crippen LogP contribution in [0.2, 0.25) is 18.1 Å². The van der Waals surface area contributed by atoms with Crippen LogP contribution in [0, 0.1) is 5.92 Å². The van der Waals surface area contributed by atoms with Crippen molar-refractivity contribution >= 4 is 8.32 Å². The Morgan fingerprint density at radius 3 is 1.96 bits per heavy atom. The van der Waals surface area contributed by atoms with Crippen LogP contribution in [0.3, 0.4) is 0 Å². The SMILES string of the molecule is C=CCO[C@@H]1[C@@H](O)[C@H](O[C@H]2[C@H](OCc3ccccc3)[C@@H](O)[C@H](OCc3ccccc3)O[C@@H]2CO[Si](C)(C)C(C)(C)C(C)C)O[C@@H]2CO[C@H](c3ccccc3)O[C@H]12. The van der Waals surface area contributed by atoms with Gasteiger partial charge in [0.15, 0.2) is 27.2 Å². The van der Waals surface area contributed by atoms with Crippen molar-refractivity contribution in [2.24, 2.45) is 5.92 Å². The molecule has 0 unspecified atom stereocenters. The molecule has 0 bridgehead atoms. The molecule has 3 aromatic carbocycles. The van der Waals surface area contributed by atoms with Crippen LogP contribution in [0.25, 0.3) is 0 Å². The van der Waals surface area contributed by atoms with E-state index in [1.807, 2.05) is 91.0 Å². The average Bonchev–Trinajstić information content (AvgIpc) is 3.20. The van der Waals surface area contributed by atoms with Gasteiger partial charge in [-0.2, -0.15) is 0 Å². The number of rotatable bonds is 17. The Labute approximate surface area is 332 Å². The summed E-state index contributed by atoms with van der Waals surface area (Å²) in [5, 5.41) is 23.9. The maximum Gasteiger partial charge on any atom is 0.192 e. The van der Waals surface area contributed by atoms with Crippen LogP contribution in [0.15, 0.2) is 104 Å². The van der Waals surface area contributed by atoms with Gasteiger partial charge < -0.3 is 52.5 Å².